The molecule has 1 aromatic carbocycles. The molecule has 1 aliphatic rings. The smallest absolute Gasteiger partial charge is 0.232 e. The number of anilines is 2. The lowest BCUT2D eigenvalue weighted by atomic mass is 9.98. The van der Waals surface area contributed by atoms with Crippen LogP contribution in [0.25, 0.3) is 0 Å². The summed E-state index contributed by atoms with van der Waals surface area (Å²) in [5, 5.41) is 6.12. The number of benzene rings is 1. The van der Waals surface area contributed by atoms with E-state index in [1.165, 1.54) is 0 Å². The van der Waals surface area contributed by atoms with Crippen LogP contribution in [-0.2, 0) is 14.8 Å². The van der Waals surface area contributed by atoms with Gasteiger partial charge in [-0.2, -0.15) is 0 Å². The van der Waals surface area contributed by atoms with Gasteiger partial charge < -0.3 is 10.6 Å². The summed E-state index contributed by atoms with van der Waals surface area (Å²) in [7, 11) is -3.29. The number of nitrogens with one attached hydrogen (secondary N) is 3. The fourth-order valence-electron chi connectivity index (χ4n) is 2.42. The Labute approximate surface area is 143 Å². The molecule has 1 amide bonds. The number of aryl methyl sites for hydroxylation is 1. The molecule has 1 aliphatic heterocycles. The molecule has 0 aromatic heterocycles. The first kappa shape index (κ1) is 19.7. The van der Waals surface area contributed by atoms with E-state index >= 15 is 0 Å². The highest BCUT2D eigenvalue weighted by Gasteiger charge is 2.21. The van der Waals surface area contributed by atoms with E-state index in [1.54, 1.807) is 25.1 Å². The molecule has 1 unspecified atom stereocenters. The van der Waals surface area contributed by atoms with Crippen molar-refractivity contribution < 1.29 is 13.2 Å². The van der Waals surface area contributed by atoms with Crippen LogP contribution < -0.4 is 15.4 Å². The van der Waals surface area contributed by atoms with E-state index in [-0.39, 0.29) is 30.0 Å². The van der Waals surface area contributed by atoms with Gasteiger partial charge in [0.25, 0.3) is 0 Å². The Bertz CT molecular complexity index is 643. The first-order valence-electron chi connectivity index (χ1n) is 7.54. The van der Waals surface area contributed by atoms with Crippen molar-refractivity contribution in [2.45, 2.75) is 26.7 Å². The molecule has 23 heavy (non-hydrogen) atoms. The fraction of sp³-hybridized carbons (Fsp3) is 0.533. The largest absolute Gasteiger partial charge is 0.326 e. The highest BCUT2D eigenvalue weighted by Crippen LogP contribution is 2.22. The number of hydrogen-bond donors (Lipinski definition) is 3. The maximum absolute atomic E-state index is 12.2. The van der Waals surface area contributed by atoms with Crippen molar-refractivity contribution in [2.75, 3.05) is 28.9 Å². The van der Waals surface area contributed by atoms with Gasteiger partial charge in [0.1, 0.15) is 0 Å². The molecule has 6 nitrogen and oxygen atoms in total. The van der Waals surface area contributed by atoms with Gasteiger partial charge in [0.2, 0.25) is 15.9 Å². The minimum absolute atomic E-state index is 0. The van der Waals surface area contributed by atoms with E-state index in [1.807, 2.05) is 6.92 Å². The SMILES string of the molecule is CCS(=O)(=O)Nc1ccc(NC(=O)C2CCCNC2)cc1C.Cl. The quantitative estimate of drug-likeness (QED) is 0.749. The van der Waals surface area contributed by atoms with Crippen LogP contribution in [0, 0.1) is 12.8 Å². The highest BCUT2D eigenvalue weighted by atomic mass is 35.5. The Balaban J connectivity index is 0.00000264. The molecule has 3 N–H and O–H groups in total. The predicted octanol–water partition coefficient (Wildman–Crippen LogP) is 2.12. The molecule has 2 rings (SSSR count). The summed E-state index contributed by atoms with van der Waals surface area (Å²) in [5.74, 6) is 0.0281. The number of rotatable bonds is 5. The van der Waals surface area contributed by atoms with Gasteiger partial charge in [0.15, 0.2) is 0 Å². The molecule has 1 fully saturated rings. The normalized spacial score (nSPS) is 17.9. The van der Waals surface area contributed by atoms with Gasteiger partial charge in [-0.25, -0.2) is 8.42 Å². The van der Waals surface area contributed by atoms with Crippen LogP contribution in [0.1, 0.15) is 25.3 Å². The average molecular weight is 362 g/mol. The second-order valence-corrected chi connectivity index (χ2v) is 7.58. The Hall–Kier alpha value is -1.31. The molecule has 8 heteroatoms. The Morgan fingerprint density at radius 1 is 1.39 bits per heavy atom. The summed E-state index contributed by atoms with van der Waals surface area (Å²) >= 11 is 0. The number of hydrogen-bond acceptors (Lipinski definition) is 4. The van der Waals surface area contributed by atoms with Crippen LogP contribution in [0.4, 0.5) is 11.4 Å². The lowest BCUT2D eigenvalue weighted by molar-refractivity contribution is -0.120. The van der Waals surface area contributed by atoms with Crippen LogP contribution in [0.3, 0.4) is 0 Å². The summed E-state index contributed by atoms with van der Waals surface area (Å²) in [4.78, 5) is 12.2. The van der Waals surface area contributed by atoms with Crippen molar-refractivity contribution in [3.63, 3.8) is 0 Å². The molecular weight excluding hydrogens is 338 g/mol. The molecule has 0 bridgehead atoms. The maximum atomic E-state index is 12.2. The van der Waals surface area contributed by atoms with Crippen LogP contribution in [0.2, 0.25) is 0 Å². The van der Waals surface area contributed by atoms with Crippen molar-refractivity contribution in [1.29, 1.82) is 0 Å². The van der Waals surface area contributed by atoms with Crippen molar-refractivity contribution in [3.8, 4) is 0 Å². The Morgan fingerprint density at radius 2 is 2.13 bits per heavy atom. The summed E-state index contributed by atoms with van der Waals surface area (Å²) in [5.41, 5.74) is 2.00. The predicted molar refractivity (Wildman–Crippen MR) is 95.7 cm³/mol. The summed E-state index contributed by atoms with van der Waals surface area (Å²) in [6.45, 7) is 5.07. The van der Waals surface area contributed by atoms with Gasteiger partial charge in [-0.05, 0) is 57.0 Å². The number of piperidine rings is 1. The topological polar surface area (TPSA) is 87.3 Å². The highest BCUT2D eigenvalue weighted by molar-refractivity contribution is 7.92. The van der Waals surface area contributed by atoms with Crippen molar-refractivity contribution >= 4 is 39.7 Å². The first-order valence-corrected chi connectivity index (χ1v) is 9.19. The molecule has 0 saturated carbocycles. The first-order chi connectivity index (χ1) is 10.4. The van der Waals surface area contributed by atoms with Crippen LogP contribution >= 0.6 is 12.4 Å². The molecule has 1 atom stereocenters. The molecule has 130 valence electrons. The zero-order chi connectivity index (χ0) is 16.2. The number of carbonyl (C=O) groups excluding carboxylic acids is 1. The molecule has 0 aliphatic carbocycles. The number of carbonyl (C=O) groups is 1. The lowest BCUT2D eigenvalue weighted by Crippen LogP contribution is -2.37. The van der Waals surface area contributed by atoms with Gasteiger partial charge in [-0.15, -0.1) is 12.4 Å². The molecule has 1 heterocycles. The standard InChI is InChI=1S/C15H23N3O3S.ClH/c1-3-22(20,21)18-14-7-6-13(9-11(14)2)17-15(19)12-5-4-8-16-10-12;/h6-7,9,12,16,18H,3-5,8,10H2,1-2H3,(H,17,19);1H. The van der Waals surface area contributed by atoms with Crippen molar-refractivity contribution in [2.24, 2.45) is 5.92 Å². The third-order valence-electron chi connectivity index (χ3n) is 3.81. The van der Waals surface area contributed by atoms with Gasteiger partial charge in [0, 0.05) is 12.2 Å². The number of amides is 1. The third-order valence-corrected chi connectivity index (χ3v) is 5.10. The summed E-state index contributed by atoms with van der Waals surface area (Å²) in [6.07, 6.45) is 1.90. The van der Waals surface area contributed by atoms with Gasteiger partial charge >= 0.3 is 0 Å². The van der Waals surface area contributed by atoms with Crippen LogP contribution in [-0.4, -0.2) is 33.2 Å². The number of sulfonamides is 1. The Kier molecular flexibility index (Phi) is 7.31. The second kappa shape index (κ2) is 8.52. The van der Waals surface area contributed by atoms with Gasteiger partial charge in [-0.3, -0.25) is 9.52 Å². The monoisotopic (exact) mass is 361 g/mol. The summed E-state index contributed by atoms with van der Waals surface area (Å²) in [6, 6.07) is 5.17. The van der Waals surface area contributed by atoms with E-state index in [2.05, 4.69) is 15.4 Å². The molecule has 0 spiro atoms. The minimum Gasteiger partial charge on any atom is -0.326 e. The third kappa shape index (κ3) is 5.67. The van der Waals surface area contributed by atoms with E-state index < -0.39 is 10.0 Å². The fourth-order valence-corrected chi connectivity index (χ4v) is 3.12. The minimum atomic E-state index is -3.29. The summed E-state index contributed by atoms with van der Waals surface area (Å²) < 4.78 is 25.7. The van der Waals surface area contributed by atoms with Gasteiger partial charge in [-0.1, -0.05) is 0 Å². The van der Waals surface area contributed by atoms with Crippen molar-refractivity contribution in [1.82, 2.24) is 5.32 Å². The van der Waals surface area contributed by atoms with Gasteiger partial charge in [0.05, 0.1) is 17.4 Å². The maximum Gasteiger partial charge on any atom is 0.232 e. The van der Waals surface area contributed by atoms with E-state index in [0.717, 1.165) is 24.9 Å². The Morgan fingerprint density at radius 3 is 2.70 bits per heavy atom. The molecule has 1 saturated heterocycles. The van der Waals surface area contributed by atoms with E-state index in [4.69, 9.17) is 0 Å². The number of halogens is 1. The van der Waals surface area contributed by atoms with E-state index in [9.17, 15) is 13.2 Å². The zero-order valence-electron chi connectivity index (χ0n) is 13.4. The lowest BCUT2D eigenvalue weighted by Gasteiger charge is -2.22. The molecule has 1 aromatic rings. The van der Waals surface area contributed by atoms with Crippen LogP contribution in [0.15, 0.2) is 18.2 Å². The van der Waals surface area contributed by atoms with E-state index in [0.29, 0.717) is 17.9 Å². The second-order valence-electron chi connectivity index (χ2n) is 5.57. The zero-order valence-corrected chi connectivity index (χ0v) is 15.0. The molecular formula is C15H24ClN3O3S. The van der Waals surface area contributed by atoms with Crippen molar-refractivity contribution in [3.05, 3.63) is 23.8 Å². The van der Waals surface area contributed by atoms with Crippen LogP contribution in [0.5, 0.6) is 0 Å². The average Bonchev–Trinajstić information content (AvgIpc) is 2.51. The molecule has 0 radical (unpaired) electrons.